The molecule has 0 bridgehead atoms. The van der Waals surface area contributed by atoms with Crippen LogP contribution in [0, 0.1) is 11.3 Å². The smallest absolute Gasteiger partial charge is 0.262 e. The fraction of sp³-hybridized carbons (Fsp3) is 0.0476. The summed E-state index contributed by atoms with van der Waals surface area (Å²) in [6, 6.07) is 19.8. The number of carbonyl (C=O) groups excluding carboxylic acids is 1. The van der Waals surface area contributed by atoms with Gasteiger partial charge in [-0.1, -0.05) is 59.6 Å². The zero-order valence-electron chi connectivity index (χ0n) is 14.1. The van der Waals surface area contributed by atoms with Crippen LogP contribution in [0.5, 0.6) is 0 Å². The van der Waals surface area contributed by atoms with Crippen molar-refractivity contribution >= 4 is 35.2 Å². The third kappa shape index (κ3) is 4.59. The maximum atomic E-state index is 12.3. The van der Waals surface area contributed by atoms with Crippen molar-refractivity contribution in [1.29, 1.82) is 5.26 Å². The Labute approximate surface area is 166 Å². The number of halogens is 2. The third-order valence-corrected chi connectivity index (χ3v) is 4.41. The average Bonchev–Trinajstić information content (AvgIpc) is 3.13. The number of hydrogen-bond acceptors (Lipinski definition) is 3. The highest BCUT2D eigenvalue weighted by molar-refractivity contribution is 6.39. The minimum Gasteiger partial charge on any atom is -0.457 e. The van der Waals surface area contributed by atoms with Crippen molar-refractivity contribution in [3.8, 4) is 17.4 Å². The first-order valence-electron chi connectivity index (χ1n) is 8.06. The molecule has 27 heavy (non-hydrogen) atoms. The molecule has 0 atom stereocenters. The second kappa shape index (κ2) is 8.59. The van der Waals surface area contributed by atoms with Gasteiger partial charge in [-0.2, -0.15) is 5.26 Å². The lowest BCUT2D eigenvalue weighted by atomic mass is 10.2. The van der Waals surface area contributed by atoms with Crippen LogP contribution in [0.15, 0.2) is 70.7 Å². The van der Waals surface area contributed by atoms with Gasteiger partial charge in [0.2, 0.25) is 0 Å². The van der Waals surface area contributed by atoms with E-state index in [0.717, 1.165) is 5.56 Å². The SMILES string of the molecule is N#C/C(=C/c1ccc(-c2c(Cl)cccc2Cl)o1)C(=O)NCc1ccccc1. The van der Waals surface area contributed by atoms with Gasteiger partial charge in [-0.25, -0.2) is 0 Å². The minimum absolute atomic E-state index is 0.0583. The molecule has 1 N–H and O–H groups in total. The first-order chi connectivity index (χ1) is 13.1. The Bertz CT molecular complexity index is 1010. The van der Waals surface area contributed by atoms with Gasteiger partial charge in [0.15, 0.2) is 0 Å². The molecule has 4 nitrogen and oxygen atoms in total. The predicted octanol–water partition coefficient (Wildman–Crippen LogP) is 5.48. The quantitative estimate of drug-likeness (QED) is 0.458. The summed E-state index contributed by atoms with van der Waals surface area (Å²) in [6.45, 7) is 0.331. The molecule has 1 aromatic heterocycles. The molecule has 0 spiro atoms. The van der Waals surface area contributed by atoms with Crippen molar-refractivity contribution in [2.75, 3.05) is 0 Å². The summed E-state index contributed by atoms with van der Waals surface area (Å²) < 4.78 is 5.70. The number of nitrogens with zero attached hydrogens (tertiary/aromatic N) is 1. The van der Waals surface area contributed by atoms with E-state index in [0.29, 0.717) is 33.7 Å². The van der Waals surface area contributed by atoms with Gasteiger partial charge in [0.05, 0.1) is 15.6 Å². The summed E-state index contributed by atoms with van der Waals surface area (Å²) in [6.07, 6.45) is 1.38. The van der Waals surface area contributed by atoms with Crippen molar-refractivity contribution in [1.82, 2.24) is 5.32 Å². The number of nitrogens with one attached hydrogen (secondary N) is 1. The number of rotatable bonds is 5. The maximum Gasteiger partial charge on any atom is 0.262 e. The molecule has 6 heteroatoms. The maximum absolute atomic E-state index is 12.3. The molecule has 0 saturated heterocycles. The standard InChI is InChI=1S/C21H14Cl2N2O2/c22-17-7-4-8-18(23)20(17)19-10-9-16(27-19)11-15(12-24)21(26)25-13-14-5-2-1-3-6-14/h1-11H,13H2,(H,25,26)/b15-11-. The van der Waals surface area contributed by atoms with E-state index in [2.05, 4.69) is 5.32 Å². The summed E-state index contributed by atoms with van der Waals surface area (Å²) in [4.78, 5) is 12.3. The summed E-state index contributed by atoms with van der Waals surface area (Å²) in [5.41, 5.74) is 1.45. The molecule has 0 aliphatic heterocycles. The number of nitriles is 1. The average molecular weight is 397 g/mol. The Hall–Kier alpha value is -3.00. The van der Waals surface area contributed by atoms with E-state index in [-0.39, 0.29) is 5.57 Å². The largest absolute Gasteiger partial charge is 0.457 e. The molecule has 3 rings (SSSR count). The number of benzene rings is 2. The van der Waals surface area contributed by atoms with Crippen LogP contribution in [0.3, 0.4) is 0 Å². The van der Waals surface area contributed by atoms with E-state index in [1.807, 2.05) is 36.4 Å². The molecule has 0 saturated carbocycles. The Balaban J connectivity index is 1.77. The van der Waals surface area contributed by atoms with Gasteiger partial charge in [0, 0.05) is 12.6 Å². The lowest BCUT2D eigenvalue weighted by molar-refractivity contribution is -0.117. The van der Waals surface area contributed by atoms with Crippen LogP contribution in [0.2, 0.25) is 10.0 Å². The van der Waals surface area contributed by atoms with E-state index in [9.17, 15) is 10.1 Å². The van der Waals surface area contributed by atoms with Gasteiger partial charge in [-0.15, -0.1) is 0 Å². The monoisotopic (exact) mass is 396 g/mol. The topological polar surface area (TPSA) is 66.0 Å². The zero-order valence-corrected chi connectivity index (χ0v) is 15.6. The van der Waals surface area contributed by atoms with Crippen LogP contribution in [-0.2, 0) is 11.3 Å². The van der Waals surface area contributed by atoms with Gasteiger partial charge in [-0.3, -0.25) is 4.79 Å². The summed E-state index contributed by atoms with van der Waals surface area (Å²) >= 11 is 12.4. The summed E-state index contributed by atoms with van der Waals surface area (Å²) in [5, 5.41) is 12.9. The lowest BCUT2D eigenvalue weighted by Crippen LogP contribution is -2.23. The van der Waals surface area contributed by atoms with Crippen LogP contribution < -0.4 is 5.32 Å². The van der Waals surface area contributed by atoms with Crippen molar-refractivity contribution in [2.45, 2.75) is 6.54 Å². The van der Waals surface area contributed by atoms with E-state index < -0.39 is 5.91 Å². The van der Waals surface area contributed by atoms with Crippen LogP contribution in [-0.4, -0.2) is 5.91 Å². The van der Waals surface area contributed by atoms with Crippen LogP contribution in [0.1, 0.15) is 11.3 Å². The first kappa shape index (κ1) is 18.8. The van der Waals surface area contributed by atoms with Gasteiger partial charge >= 0.3 is 0 Å². The van der Waals surface area contributed by atoms with Crippen LogP contribution in [0.25, 0.3) is 17.4 Å². The first-order valence-corrected chi connectivity index (χ1v) is 8.82. The Morgan fingerprint density at radius 3 is 2.41 bits per heavy atom. The molecule has 0 aliphatic rings. The predicted molar refractivity (Wildman–Crippen MR) is 106 cm³/mol. The summed E-state index contributed by atoms with van der Waals surface area (Å²) in [7, 11) is 0. The normalized spacial score (nSPS) is 11.1. The molecule has 0 fully saturated rings. The fourth-order valence-electron chi connectivity index (χ4n) is 2.46. The Kier molecular flexibility index (Phi) is 5.97. The highest BCUT2D eigenvalue weighted by atomic mass is 35.5. The van der Waals surface area contributed by atoms with E-state index in [4.69, 9.17) is 27.6 Å². The molecule has 134 valence electrons. The number of amides is 1. The number of carbonyl (C=O) groups is 1. The van der Waals surface area contributed by atoms with E-state index in [1.165, 1.54) is 6.08 Å². The van der Waals surface area contributed by atoms with Gasteiger partial charge in [0.1, 0.15) is 23.2 Å². The van der Waals surface area contributed by atoms with E-state index >= 15 is 0 Å². The van der Waals surface area contributed by atoms with Gasteiger partial charge in [0.25, 0.3) is 5.91 Å². The highest BCUT2D eigenvalue weighted by Gasteiger charge is 2.14. The number of hydrogen-bond donors (Lipinski definition) is 1. The van der Waals surface area contributed by atoms with Gasteiger partial charge in [-0.05, 0) is 29.8 Å². The Morgan fingerprint density at radius 2 is 1.74 bits per heavy atom. The minimum atomic E-state index is -0.477. The molecular weight excluding hydrogens is 383 g/mol. The van der Waals surface area contributed by atoms with Crippen molar-refractivity contribution in [3.63, 3.8) is 0 Å². The Morgan fingerprint density at radius 1 is 1.04 bits per heavy atom. The molecule has 2 aromatic carbocycles. The summed E-state index contributed by atoms with van der Waals surface area (Å²) in [5.74, 6) is 0.335. The van der Waals surface area contributed by atoms with Crippen LogP contribution >= 0.6 is 23.2 Å². The van der Waals surface area contributed by atoms with Crippen molar-refractivity contribution in [2.24, 2.45) is 0 Å². The van der Waals surface area contributed by atoms with Crippen molar-refractivity contribution in [3.05, 3.63) is 87.6 Å². The molecule has 3 aromatic rings. The second-order valence-corrected chi connectivity index (χ2v) is 6.45. The molecule has 0 unspecified atom stereocenters. The fourth-order valence-corrected chi connectivity index (χ4v) is 3.05. The molecule has 0 radical (unpaired) electrons. The molecule has 0 aliphatic carbocycles. The second-order valence-electron chi connectivity index (χ2n) is 5.64. The molecule has 1 amide bonds. The number of furan rings is 1. The molecule has 1 heterocycles. The van der Waals surface area contributed by atoms with Crippen molar-refractivity contribution < 1.29 is 9.21 Å². The third-order valence-electron chi connectivity index (χ3n) is 3.78. The lowest BCUT2D eigenvalue weighted by Gasteiger charge is -2.04. The van der Waals surface area contributed by atoms with E-state index in [1.54, 1.807) is 30.3 Å². The zero-order chi connectivity index (χ0) is 19.2. The van der Waals surface area contributed by atoms with Gasteiger partial charge < -0.3 is 9.73 Å². The highest BCUT2D eigenvalue weighted by Crippen LogP contribution is 2.35. The van der Waals surface area contributed by atoms with Crippen LogP contribution in [0.4, 0.5) is 0 Å². The molecular formula is C21H14Cl2N2O2.